The lowest BCUT2D eigenvalue weighted by molar-refractivity contribution is -0.145. The number of hydrogen-bond acceptors (Lipinski definition) is 7. The van der Waals surface area contributed by atoms with E-state index in [1.54, 1.807) is 20.1 Å². The number of halogens is 1. The first-order valence-electron chi connectivity index (χ1n) is 12.3. The molecule has 1 aromatic heterocycles. The van der Waals surface area contributed by atoms with Crippen molar-refractivity contribution in [3.05, 3.63) is 57.0 Å². The summed E-state index contributed by atoms with van der Waals surface area (Å²) in [5.74, 6) is -3.61. The van der Waals surface area contributed by atoms with Crippen LogP contribution < -0.4 is 16.2 Å². The number of rotatable bonds is 6. The summed E-state index contributed by atoms with van der Waals surface area (Å²) in [5.41, 5.74) is -0.681. The molecular weight excluding hydrogens is 497 g/mol. The van der Waals surface area contributed by atoms with Gasteiger partial charge < -0.3 is 25.4 Å². The second kappa shape index (κ2) is 10.5. The van der Waals surface area contributed by atoms with Crippen LogP contribution in [-0.2, 0) is 27.4 Å². The Balaban J connectivity index is 1.68. The Morgan fingerprint density at radius 3 is 2.71 bits per heavy atom. The number of methoxy groups -OCH3 is 1. The lowest BCUT2D eigenvalue weighted by Crippen LogP contribution is -2.50. The topological polar surface area (TPSA) is 143 Å². The number of carbonyl (C=O) groups excluding carboxylic acids is 3. The van der Waals surface area contributed by atoms with Gasteiger partial charge in [0, 0.05) is 51.7 Å². The highest BCUT2D eigenvalue weighted by Gasteiger charge is 2.48. The van der Waals surface area contributed by atoms with E-state index in [4.69, 9.17) is 4.74 Å². The first-order valence-corrected chi connectivity index (χ1v) is 12.3. The molecular formula is C26H32FN5O6. The molecule has 12 heteroatoms. The summed E-state index contributed by atoms with van der Waals surface area (Å²) in [6.45, 7) is 2.11. The smallest absolute Gasteiger partial charge is 0.311 e. The average Bonchev–Trinajstić information content (AvgIpc) is 3.10. The van der Waals surface area contributed by atoms with Crippen LogP contribution in [0.1, 0.15) is 52.6 Å². The number of carbonyl (C=O) groups is 3. The van der Waals surface area contributed by atoms with Gasteiger partial charge in [-0.05, 0) is 43.4 Å². The van der Waals surface area contributed by atoms with Gasteiger partial charge in [-0.25, -0.2) is 9.37 Å². The van der Waals surface area contributed by atoms with Crippen molar-refractivity contribution in [3.8, 4) is 5.75 Å². The summed E-state index contributed by atoms with van der Waals surface area (Å²) in [5, 5.41) is 16.1. The molecule has 0 radical (unpaired) electrons. The SMILES string of the molecule is COCC12CCC(c3nc(C(=O)NCc4ccc(F)c(C)c4)c(O)c(=O)n3C1)C(NC(=O)C(=O)N(C)C)C2. The second-order valence-corrected chi connectivity index (χ2v) is 10.4. The van der Waals surface area contributed by atoms with Crippen LogP contribution >= 0.6 is 0 Å². The first kappa shape index (κ1) is 27.2. The summed E-state index contributed by atoms with van der Waals surface area (Å²) >= 11 is 0. The molecule has 5 rings (SSSR count). The number of aryl methyl sites for hydroxylation is 1. The van der Waals surface area contributed by atoms with Crippen LogP contribution in [0.3, 0.4) is 0 Å². The Morgan fingerprint density at radius 2 is 2.05 bits per heavy atom. The quantitative estimate of drug-likeness (QED) is 0.470. The fraction of sp³-hybridized carbons (Fsp3) is 0.500. The van der Waals surface area contributed by atoms with Crippen molar-refractivity contribution in [2.24, 2.45) is 5.41 Å². The Morgan fingerprint density at radius 1 is 1.32 bits per heavy atom. The molecule has 3 heterocycles. The molecule has 3 aliphatic rings. The number of fused-ring (bicyclic) bond motifs is 2. The number of nitrogens with zero attached hydrogens (tertiary/aromatic N) is 3. The molecule has 3 N–H and O–H groups in total. The molecule has 1 fully saturated rings. The van der Waals surface area contributed by atoms with Gasteiger partial charge in [0.1, 0.15) is 11.6 Å². The largest absolute Gasteiger partial charge is 0.501 e. The molecule has 1 saturated carbocycles. The molecule has 1 aliphatic carbocycles. The van der Waals surface area contributed by atoms with Crippen molar-refractivity contribution < 1.29 is 28.6 Å². The number of nitrogens with one attached hydrogen (secondary N) is 2. The molecule has 1 aromatic carbocycles. The normalized spacial score (nSPS) is 21.8. The number of ether oxygens (including phenoxy) is 1. The van der Waals surface area contributed by atoms with Gasteiger partial charge in [-0.15, -0.1) is 0 Å². The van der Waals surface area contributed by atoms with E-state index in [0.29, 0.717) is 37.0 Å². The molecule has 0 saturated heterocycles. The molecule has 204 valence electrons. The van der Waals surface area contributed by atoms with Crippen molar-refractivity contribution >= 4 is 17.7 Å². The maximum atomic E-state index is 13.6. The zero-order valence-corrected chi connectivity index (χ0v) is 21.8. The Bertz CT molecular complexity index is 1340. The highest BCUT2D eigenvalue weighted by Crippen LogP contribution is 2.47. The summed E-state index contributed by atoms with van der Waals surface area (Å²) in [6, 6.07) is 3.87. The fourth-order valence-corrected chi connectivity index (χ4v) is 5.47. The number of benzene rings is 1. The minimum absolute atomic E-state index is 0.0329. The van der Waals surface area contributed by atoms with E-state index < -0.39 is 52.1 Å². The number of amides is 3. The third kappa shape index (κ3) is 5.13. The number of likely N-dealkylation sites (N-methyl/N-ethyl adjacent to an activating group) is 1. The Labute approximate surface area is 219 Å². The lowest BCUT2D eigenvalue weighted by atomic mass is 9.69. The van der Waals surface area contributed by atoms with E-state index in [1.807, 2.05) is 0 Å². The number of aromatic nitrogens is 2. The van der Waals surface area contributed by atoms with Crippen molar-refractivity contribution in [2.45, 2.75) is 51.2 Å². The molecule has 38 heavy (non-hydrogen) atoms. The standard InChI is InChI=1S/C26H32FN5O6/c1-14-9-15(5-6-17(14)27)11-28-22(34)19-20(33)24(36)32-12-26(13-38-4)8-7-16(21(32)30-19)18(10-26)29-23(35)25(37)31(2)3/h5-6,9,16,18,33H,7-8,10-13H2,1-4H3,(H,28,34)(H,29,35). The van der Waals surface area contributed by atoms with Gasteiger partial charge in [0.05, 0.1) is 6.61 Å². The van der Waals surface area contributed by atoms with E-state index in [1.165, 1.54) is 35.7 Å². The van der Waals surface area contributed by atoms with E-state index in [9.17, 15) is 28.7 Å². The van der Waals surface area contributed by atoms with Crippen molar-refractivity contribution in [1.82, 2.24) is 25.1 Å². The average molecular weight is 530 g/mol. The van der Waals surface area contributed by atoms with E-state index in [0.717, 1.165) is 0 Å². The van der Waals surface area contributed by atoms with Crippen LogP contribution in [0.15, 0.2) is 23.0 Å². The maximum Gasteiger partial charge on any atom is 0.311 e. The highest BCUT2D eigenvalue weighted by atomic mass is 19.1. The molecule has 3 unspecified atom stereocenters. The molecule has 2 bridgehead atoms. The molecule has 0 spiro atoms. The van der Waals surface area contributed by atoms with Gasteiger partial charge in [0.2, 0.25) is 5.75 Å². The summed E-state index contributed by atoms with van der Waals surface area (Å²) in [6.07, 6.45) is 1.61. The number of hydrogen-bond donors (Lipinski definition) is 3. The van der Waals surface area contributed by atoms with Gasteiger partial charge >= 0.3 is 11.8 Å². The van der Waals surface area contributed by atoms with Crippen LogP contribution in [0.5, 0.6) is 5.75 Å². The third-order valence-electron chi connectivity index (χ3n) is 7.38. The van der Waals surface area contributed by atoms with Crippen molar-refractivity contribution in [3.63, 3.8) is 0 Å². The first-order chi connectivity index (χ1) is 18.0. The zero-order valence-electron chi connectivity index (χ0n) is 21.8. The Kier molecular flexibility index (Phi) is 7.54. The zero-order chi connectivity index (χ0) is 27.8. The minimum Gasteiger partial charge on any atom is -0.501 e. The third-order valence-corrected chi connectivity index (χ3v) is 7.38. The van der Waals surface area contributed by atoms with Crippen LogP contribution in [0, 0.1) is 18.2 Å². The highest BCUT2D eigenvalue weighted by molar-refractivity contribution is 6.34. The van der Waals surface area contributed by atoms with E-state index in [2.05, 4.69) is 15.6 Å². The maximum absolute atomic E-state index is 13.6. The second-order valence-electron chi connectivity index (χ2n) is 10.4. The molecule has 3 atom stereocenters. The molecule has 3 amide bonds. The van der Waals surface area contributed by atoms with Gasteiger partial charge in [-0.3, -0.25) is 23.7 Å². The van der Waals surface area contributed by atoms with Gasteiger partial charge in [0.15, 0.2) is 5.69 Å². The molecule has 2 aromatic rings. The number of aromatic hydroxyl groups is 1. The monoisotopic (exact) mass is 529 g/mol. The summed E-state index contributed by atoms with van der Waals surface area (Å²) < 4.78 is 20.4. The van der Waals surface area contributed by atoms with E-state index in [-0.39, 0.29) is 24.7 Å². The van der Waals surface area contributed by atoms with Gasteiger partial charge in [-0.1, -0.05) is 12.1 Å². The van der Waals surface area contributed by atoms with Gasteiger partial charge in [-0.2, -0.15) is 0 Å². The van der Waals surface area contributed by atoms with Crippen molar-refractivity contribution in [2.75, 3.05) is 27.8 Å². The molecule has 2 aliphatic heterocycles. The summed E-state index contributed by atoms with van der Waals surface area (Å²) in [4.78, 5) is 56.8. The Hall–Kier alpha value is -3.80. The van der Waals surface area contributed by atoms with E-state index >= 15 is 0 Å². The van der Waals surface area contributed by atoms with Crippen LogP contribution in [0.4, 0.5) is 4.39 Å². The minimum atomic E-state index is -0.779. The summed E-state index contributed by atoms with van der Waals surface area (Å²) in [7, 11) is 4.50. The lowest BCUT2D eigenvalue weighted by Gasteiger charge is -2.40. The van der Waals surface area contributed by atoms with Crippen LogP contribution in [-0.4, -0.2) is 71.1 Å². The van der Waals surface area contributed by atoms with Crippen LogP contribution in [0.2, 0.25) is 0 Å². The van der Waals surface area contributed by atoms with Crippen LogP contribution in [0.25, 0.3) is 0 Å². The fourth-order valence-electron chi connectivity index (χ4n) is 5.47. The van der Waals surface area contributed by atoms with Crippen molar-refractivity contribution in [1.29, 1.82) is 0 Å². The predicted octanol–water partition coefficient (Wildman–Crippen LogP) is 0.813. The predicted molar refractivity (Wildman–Crippen MR) is 134 cm³/mol. The van der Waals surface area contributed by atoms with Gasteiger partial charge in [0.25, 0.3) is 11.5 Å². The molecule has 11 nitrogen and oxygen atoms in total.